The molecule has 0 aliphatic rings. The molecule has 7 nitrogen and oxygen atoms in total. The van der Waals surface area contributed by atoms with Crippen LogP contribution >= 0.6 is 0 Å². The molecule has 7 heteroatoms. The molecule has 0 saturated carbocycles. The average molecular weight is 262 g/mol. The molecule has 0 fully saturated rings. The Kier molecular flexibility index (Phi) is 3.48. The molecule has 100 valence electrons. The molecule has 1 atom stereocenters. The molecule has 0 aliphatic carbocycles. The van der Waals surface area contributed by atoms with Crippen LogP contribution in [0, 0.1) is 6.92 Å². The number of nitrogens with zero attached hydrogens (tertiary/aromatic N) is 1. The summed E-state index contributed by atoms with van der Waals surface area (Å²) in [4.78, 5) is 29.4. The number of hydrogen-bond acceptors (Lipinski definition) is 4. The van der Waals surface area contributed by atoms with E-state index in [1.807, 2.05) is 6.92 Å². The molecule has 0 spiro atoms. The lowest BCUT2D eigenvalue weighted by Crippen LogP contribution is -2.34. The van der Waals surface area contributed by atoms with Gasteiger partial charge in [0, 0.05) is 5.69 Å². The molecule has 0 radical (unpaired) electrons. The molecule has 2 aromatic rings. The predicted octanol–water partition coefficient (Wildman–Crippen LogP) is 0.612. The van der Waals surface area contributed by atoms with Gasteiger partial charge in [0.25, 0.3) is 0 Å². The highest BCUT2D eigenvalue weighted by Gasteiger charge is 2.16. The Labute approximate surface area is 108 Å². The third-order valence-corrected chi connectivity index (χ3v) is 2.61. The van der Waals surface area contributed by atoms with E-state index in [-0.39, 0.29) is 6.42 Å². The number of aliphatic carboxylic acids is 1. The van der Waals surface area contributed by atoms with Gasteiger partial charge in [0.05, 0.1) is 17.5 Å². The van der Waals surface area contributed by atoms with Crippen LogP contribution in [0.25, 0.3) is 11.0 Å². The second kappa shape index (κ2) is 5.07. The number of H-pyrrole nitrogens is 1. The van der Waals surface area contributed by atoms with Crippen molar-refractivity contribution < 1.29 is 14.7 Å². The zero-order valence-corrected chi connectivity index (χ0v) is 10.3. The van der Waals surface area contributed by atoms with Crippen LogP contribution in [0.3, 0.4) is 0 Å². The number of nitrogens with one attached hydrogen (secondary N) is 2. The smallest absolute Gasteiger partial charge is 0.321 e. The first-order chi connectivity index (χ1) is 8.95. The lowest BCUT2D eigenvalue weighted by Gasteiger charge is -2.07. The van der Waals surface area contributed by atoms with Crippen molar-refractivity contribution in [2.24, 2.45) is 5.73 Å². The minimum Gasteiger partial charge on any atom is -0.480 e. The minimum absolute atomic E-state index is 0.268. The number of aromatic amines is 1. The molecule has 0 aliphatic heterocycles. The quantitative estimate of drug-likeness (QED) is 0.643. The van der Waals surface area contributed by atoms with E-state index in [0.29, 0.717) is 5.69 Å². The molecule has 1 unspecified atom stereocenters. The minimum atomic E-state index is -1.20. The van der Waals surface area contributed by atoms with E-state index in [0.717, 1.165) is 16.9 Å². The van der Waals surface area contributed by atoms with Crippen LogP contribution in [0.1, 0.15) is 12.2 Å². The second-order valence-electron chi connectivity index (χ2n) is 4.25. The number of amides is 1. The summed E-state index contributed by atoms with van der Waals surface area (Å²) in [5.41, 5.74) is 7.46. The fourth-order valence-corrected chi connectivity index (χ4v) is 1.71. The number of carboxylic acids is 1. The van der Waals surface area contributed by atoms with Gasteiger partial charge in [0.15, 0.2) is 0 Å². The van der Waals surface area contributed by atoms with E-state index in [1.54, 1.807) is 18.2 Å². The van der Waals surface area contributed by atoms with Crippen molar-refractivity contribution in [3.63, 3.8) is 0 Å². The van der Waals surface area contributed by atoms with Gasteiger partial charge in [-0.25, -0.2) is 4.98 Å². The number of carbonyl (C=O) groups excluding carboxylic acids is 1. The van der Waals surface area contributed by atoms with Gasteiger partial charge >= 0.3 is 5.97 Å². The number of nitrogens with two attached hydrogens (primary N) is 1. The fraction of sp³-hybridized carbons (Fsp3) is 0.250. The predicted molar refractivity (Wildman–Crippen MR) is 69.7 cm³/mol. The Morgan fingerprint density at radius 1 is 1.53 bits per heavy atom. The topological polar surface area (TPSA) is 121 Å². The highest BCUT2D eigenvalue weighted by atomic mass is 16.4. The summed E-state index contributed by atoms with van der Waals surface area (Å²) in [6.45, 7) is 1.84. The Morgan fingerprint density at radius 2 is 2.26 bits per heavy atom. The molecule has 2 rings (SSSR count). The Balaban J connectivity index is 2.08. The molecule has 1 aromatic heterocycles. The third kappa shape index (κ3) is 3.08. The number of fused-ring (bicyclic) bond motifs is 1. The summed E-state index contributed by atoms with van der Waals surface area (Å²) in [5.74, 6) is -0.855. The number of benzene rings is 1. The number of carbonyl (C=O) groups is 2. The highest BCUT2D eigenvalue weighted by Crippen LogP contribution is 2.17. The summed E-state index contributed by atoms with van der Waals surface area (Å²) in [6.07, 6.45) is -0.268. The van der Waals surface area contributed by atoms with Gasteiger partial charge in [-0.15, -0.1) is 0 Å². The summed E-state index contributed by atoms with van der Waals surface area (Å²) in [5, 5.41) is 11.2. The number of aryl methyl sites for hydroxylation is 1. The van der Waals surface area contributed by atoms with Crippen LogP contribution in [0.2, 0.25) is 0 Å². The standard InChI is InChI=1S/C12H14N4O3/c1-6-14-9-3-2-7(4-10(9)15-6)16-11(17)5-8(13)12(18)19/h2-4,8H,5,13H2,1H3,(H,14,15)(H,16,17)(H,18,19). The average Bonchev–Trinajstić information content (AvgIpc) is 2.68. The number of aromatic nitrogens is 2. The van der Waals surface area contributed by atoms with Crippen LogP contribution in [-0.4, -0.2) is 33.0 Å². The van der Waals surface area contributed by atoms with Crippen LogP contribution in [0.4, 0.5) is 5.69 Å². The van der Waals surface area contributed by atoms with E-state index in [1.165, 1.54) is 0 Å². The van der Waals surface area contributed by atoms with Crippen molar-refractivity contribution in [2.75, 3.05) is 5.32 Å². The van der Waals surface area contributed by atoms with Gasteiger partial charge in [-0.2, -0.15) is 0 Å². The first kappa shape index (κ1) is 13.0. The molecule has 19 heavy (non-hydrogen) atoms. The SMILES string of the molecule is Cc1nc2ccc(NC(=O)CC(N)C(=O)O)cc2[nH]1. The number of anilines is 1. The summed E-state index contributed by atoms with van der Waals surface area (Å²) in [7, 11) is 0. The van der Waals surface area contributed by atoms with Crippen molar-refractivity contribution in [1.29, 1.82) is 0 Å². The molecule has 1 amide bonds. The number of rotatable bonds is 4. The van der Waals surface area contributed by atoms with Crippen LogP contribution in [0.5, 0.6) is 0 Å². The maximum atomic E-state index is 11.6. The maximum absolute atomic E-state index is 11.6. The van der Waals surface area contributed by atoms with E-state index in [4.69, 9.17) is 10.8 Å². The Hall–Kier alpha value is -2.41. The maximum Gasteiger partial charge on any atom is 0.321 e. The van der Waals surface area contributed by atoms with E-state index < -0.39 is 17.9 Å². The first-order valence-corrected chi connectivity index (χ1v) is 5.70. The van der Waals surface area contributed by atoms with E-state index in [9.17, 15) is 9.59 Å². The van der Waals surface area contributed by atoms with Crippen LogP contribution in [0.15, 0.2) is 18.2 Å². The summed E-state index contributed by atoms with van der Waals surface area (Å²) >= 11 is 0. The Morgan fingerprint density at radius 3 is 2.95 bits per heavy atom. The molecule has 1 heterocycles. The van der Waals surface area contributed by atoms with E-state index >= 15 is 0 Å². The van der Waals surface area contributed by atoms with Gasteiger partial charge in [0.2, 0.25) is 5.91 Å². The zero-order chi connectivity index (χ0) is 14.0. The number of hydrogen-bond donors (Lipinski definition) is 4. The van der Waals surface area contributed by atoms with Gasteiger partial charge in [0.1, 0.15) is 11.9 Å². The van der Waals surface area contributed by atoms with Crippen molar-refractivity contribution in [1.82, 2.24) is 9.97 Å². The molecule has 5 N–H and O–H groups in total. The molecular formula is C12H14N4O3. The van der Waals surface area contributed by atoms with Crippen molar-refractivity contribution in [3.05, 3.63) is 24.0 Å². The molecule has 0 bridgehead atoms. The second-order valence-corrected chi connectivity index (χ2v) is 4.25. The fourth-order valence-electron chi connectivity index (χ4n) is 1.71. The van der Waals surface area contributed by atoms with Gasteiger partial charge in [-0.1, -0.05) is 0 Å². The summed E-state index contributed by atoms with van der Waals surface area (Å²) in [6, 6.07) is 4.01. The van der Waals surface area contributed by atoms with Gasteiger partial charge < -0.3 is 21.1 Å². The largest absolute Gasteiger partial charge is 0.480 e. The third-order valence-electron chi connectivity index (χ3n) is 2.61. The van der Waals surface area contributed by atoms with Crippen molar-refractivity contribution >= 4 is 28.6 Å². The van der Waals surface area contributed by atoms with Crippen LogP contribution in [-0.2, 0) is 9.59 Å². The monoisotopic (exact) mass is 262 g/mol. The van der Waals surface area contributed by atoms with Crippen molar-refractivity contribution in [2.45, 2.75) is 19.4 Å². The summed E-state index contributed by atoms with van der Waals surface area (Å²) < 4.78 is 0. The molecular weight excluding hydrogens is 248 g/mol. The molecule has 0 saturated heterocycles. The highest BCUT2D eigenvalue weighted by molar-refractivity contribution is 5.95. The molecule has 1 aromatic carbocycles. The number of imidazole rings is 1. The van der Waals surface area contributed by atoms with Gasteiger partial charge in [-0.05, 0) is 25.1 Å². The van der Waals surface area contributed by atoms with Crippen LogP contribution < -0.4 is 11.1 Å². The van der Waals surface area contributed by atoms with Crippen molar-refractivity contribution in [3.8, 4) is 0 Å². The normalized spacial score (nSPS) is 12.3. The lowest BCUT2D eigenvalue weighted by atomic mass is 10.2. The lowest BCUT2D eigenvalue weighted by molar-refractivity contribution is -0.140. The van der Waals surface area contributed by atoms with Gasteiger partial charge in [-0.3, -0.25) is 9.59 Å². The zero-order valence-electron chi connectivity index (χ0n) is 10.3. The van der Waals surface area contributed by atoms with E-state index in [2.05, 4.69) is 15.3 Å². The number of carboxylic acid groups (broad SMARTS) is 1. The first-order valence-electron chi connectivity index (χ1n) is 5.70. The Bertz CT molecular complexity index is 635.